The second-order valence-corrected chi connectivity index (χ2v) is 4.08. The average Bonchev–Trinajstić information content (AvgIpc) is 2.48. The molecule has 0 aliphatic carbocycles. The van der Waals surface area contributed by atoms with E-state index in [1.54, 1.807) is 12.1 Å². The molecule has 0 aliphatic rings. The third-order valence-electron chi connectivity index (χ3n) is 2.63. The molecular formula is C14H10N3O4-. The number of carbonyl (C=O) groups excluding carboxylic acids is 1. The molecule has 106 valence electrons. The van der Waals surface area contributed by atoms with Crippen LogP contribution in [0.15, 0.2) is 53.6 Å². The van der Waals surface area contributed by atoms with Gasteiger partial charge in [0.1, 0.15) is 0 Å². The molecule has 1 N–H and O–H groups in total. The van der Waals surface area contributed by atoms with E-state index in [-0.39, 0.29) is 11.3 Å². The number of hydrazone groups is 1. The molecule has 0 unspecified atom stereocenters. The maximum Gasteiger partial charge on any atom is 0.269 e. The largest absolute Gasteiger partial charge is 0.545 e. The van der Waals surface area contributed by atoms with Gasteiger partial charge in [0.05, 0.1) is 22.8 Å². The predicted octanol–water partition coefficient (Wildman–Crippen LogP) is 1.40. The Morgan fingerprint density at radius 2 is 1.71 bits per heavy atom. The van der Waals surface area contributed by atoms with Gasteiger partial charge in [-0.05, 0) is 23.3 Å². The Hall–Kier alpha value is -3.22. The fourth-order valence-corrected chi connectivity index (χ4v) is 1.54. The van der Waals surface area contributed by atoms with E-state index in [2.05, 4.69) is 10.5 Å². The molecule has 0 heterocycles. The lowest BCUT2D eigenvalue weighted by atomic mass is 10.1. The summed E-state index contributed by atoms with van der Waals surface area (Å²) in [5, 5.41) is 25.0. The summed E-state index contributed by atoms with van der Waals surface area (Å²) in [5.41, 5.74) is 4.11. The lowest BCUT2D eigenvalue weighted by Gasteiger charge is -2.02. The minimum absolute atomic E-state index is 0.00222. The Labute approximate surface area is 119 Å². The Bertz CT molecular complexity index is 678. The van der Waals surface area contributed by atoms with Gasteiger partial charge < -0.3 is 9.90 Å². The summed E-state index contributed by atoms with van der Waals surface area (Å²) in [6.45, 7) is 0. The fraction of sp³-hybridized carbons (Fsp3) is 0. The minimum atomic E-state index is -1.23. The van der Waals surface area contributed by atoms with Gasteiger partial charge in [-0.25, -0.2) is 0 Å². The van der Waals surface area contributed by atoms with Gasteiger partial charge >= 0.3 is 0 Å². The van der Waals surface area contributed by atoms with Crippen molar-refractivity contribution >= 4 is 23.6 Å². The number of aromatic carboxylic acids is 1. The van der Waals surface area contributed by atoms with Crippen LogP contribution in [0.1, 0.15) is 15.9 Å². The molecule has 0 aliphatic heterocycles. The molecule has 2 aromatic rings. The van der Waals surface area contributed by atoms with E-state index in [0.717, 1.165) is 0 Å². The van der Waals surface area contributed by atoms with Crippen LogP contribution in [-0.4, -0.2) is 17.1 Å². The molecule has 0 fully saturated rings. The number of nitrogens with zero attached hydrogens (tertiary/aromatic N) is 2. The number of nitrogens with one attached hydrogen (secondary N) is 1. The molecule has 2 rings (SSSR count). The summed E-state index contributed by atoms with van der Waals surface area (Å²) in [6, 6.07) is 11.8. The Morgan fingerprint density at radius 1 is 1.10 bits per heavy atom. The summed E-state index contributed by atoms with van der Waals surface area (Å²) in [6.07, 6.45) is 1.50. The normalized spacial score (nSPS) is 10.5. The maximum atomic E-state index is 10.6. The number of anilines is 1. The lowest BCUT2D eigenvalue weighted by molar-refractivity contribution is -0.384. The van der Waals surface area contributed by atoms with Crippen LogP contribution in [0.2, 0.25) is 0 Å². The predicted molar refractivity (Wildman–Crippen MR) is 75.1 cm³/mol. The lowest BCUT2D eigenvalue weighted by Crippen LogP contribution is -2.21. The first kappa shape index (κ1) is 14.2. The van der Waals surface area contributed by atoms with Crippen molar-refractivity contribution in [1.29, 1.82) is 0 Å². The fourth-order valence-electron chi connectivity index (χ4n) is 1.54. The van der Waals surface area contributed by atoms with Crippen LogP contribution < -0.4 is 10.5 Å². The zero-order valence-electron chi connectivity index (χ0n) is 10.7. The number of carboxylic acids is 1. The van der Waals surface area contributed by atoms with Crippen molar-refractivity contribution in [2.24, 2.45) is 5.10 Å². The number of carboxylic acid groups (broad SMARTS) is 1. The molecule has 2 aromatic carbocycles. The molecule has 0 saturated heterocycles. The van der Waals surface area contributed by atoms with Crippen molar-refractivity contribution < 1.29 is 14.8 Å². The number of hydrogen-bond donors (Lipinski definition) is 1. The standard InChI is InChI=1S/C14H11N3O4/c18-14(19)11-3-1-10(2-4-11)9-15-16-12-5-7-13(8-6-12)17(20)21/h1-9,16H,(H,18,19)/p-1/b15-9-. The number of hydrogen-bond acceptors (Lipinski definition) is 6. The molecule has 0 aromatic heterocycles. The highest BCUT2D eigenvalue weighted by atomic mass is 16.6. The smallest absolute Gasteiger partial charge is 0.269 e. The van der Waals surface area contributed by atoms with Gasteiger partial charge in [0.15, 0.2) is 0 Å². The first-order valence-corrected chi connectivity index (χ1v) is 5.91. The van der Waals surface area contributed by atoms with Gasteiger partial charge in [-0.15, -0.1) is 0 Å². The summed E-state index contributed by atoms with van der Waals surface area (Å²) in [7, 11) is 0. The number of nitro groups is 1. The summed E-state index contributed by atoms with van der Waals surface area (Å²) in [4.78, 5) is 20.6. The first-order valence-electron chi connectivity index (χ1n) is 5.91. The molecule has 0 atom stereocenters. The number of nitro benzene ring substituents is 1. The van der Waals surface area contributed by atoms with Crippen LogP contribution in [0.4, 0.5) is 11.4 Å². The van der Waals surface area contributed by atoms with Gasteiger partial charge in [-0.1, -0.05) is 24.3 Å². The monoisotopic (exact) mass is 284 g/mol. The molecule has 0 spiro atoms. The molecule has 0 saturated carbocycles. The number of rotatable bonds is 5. The van der Waals surface area contributed by atoms with Gasteiger partial charge in [0.2, 0.25) is 0 Å². The molecule has 0 radical (unpaired) electrons. The zero-order chi connectivity index (χ0) is 15.2. The molecular weight excluding hydrogens is 274 g/mol. The van der Waals surface area contributed by atoms with E-state index in [0.29, 0.717) is 11.3 Å². The highest BCUT2D eigenvalue weighted by Gasteiger charge is 2.02. The number of non-ortho nitro benzene ring substituents is 1. The Morgan fingerprint density at radius 3 is 2.24 bits per heavy atom. The molecule has 21 heavy (non-hydrogen) atoms. The number of benzene rings is 2. The molecule has 0 amide bonds. The highest BCUT2D eigenvalue weighted by molar-refractivity contribution is 5.87. The van der Waals surface area contributed by atoms with Crippen LogP contribution in [0.25, 0.3) is 0 Å². The van der Waals surface area contributed by atoms with E-state index in [1.807, 2.05) is 0 Å². The Kier molecular flexibility index (Phi) is 4.25. The number of carbonyl (C=O) groups is 1. The van der Waals surface area contributed by atoms with Crippen LogP contribution >= 0.6 is 0 Å². The van der Waals surface area contributed by atoms with Crippen LogP contribution in [-0.2, 0) is 0 Å². The van der Waals surface area contributed by atoms with Gasteiger partial charge in [-0.2, -0.15) is 5.10 Å². The van der Waals surface area contributed by atoms with Crippen molar-refractivity contribution in [1.82, 2.24) is 0 Å². The Balaban J connectivity index is 1.98. The van der Waals surface area contributed by atoms with E-state index >= 15 is 0 Å². The van der Waals surface area contributed by atoms with Crippen LogP contribution in [0.5, 0.6) is 0 Å². The zero-order valence-corrected chi connectivity index (χ0v) is 10.7. The third-order valence-corrected chi connectivity index (χ3v) is 2.63. The van der Waals surface area contributed by atoms with Crippen molar-refractivity contribution in [3.05, 3.63) is 69.8 Å². The van der Waals surface area contributed by atoms with Crippen LogP contribution in [0.3, 0.4) is 0 Å². The summed E-state index contributed by atoms with van der Waals surface area (Å²) < 4.78 is 0. The third kappa shape index (κ3) is 3.87. The van der Waals surface area contributed by atoms with Crippen molar-refractivity contribution in [3.8, 4) is 0 Å². The van der Waals surface area contributed by atoms with Gasteiger partial charge in [0.25, 0.3) is 5.69 Å². The van der Waals surface area contributed by atoms with Gasteiger partial charge in [-0.3, -0.25) is 15.5 Å². The SMILES string of the molecule is O=C([O-])c1ccc(/C=N\Nc2ccc([N+](=O)[O-])cc2)cc1. The second kappa shape index (κ2) is 6.29. The van der Waals surface area contributed by atoms with Gasteiger partial charge in [0, 0.05) is 12.1 Å². The topological polar surface area (TPSA) is 108 Å². The minimum Gasteiger partial charge on any atom is -0.545 e. The first-order chi connectivity index (χ1) is 10.1. The van der Waals surface area contributed by atoms with E-state index in [1.165, 1.54) is 42.6 Å². The highest BCUT2D eigenvalue weighted by Crippen LogP contribution is 2.15. The summed E-state index contributed by atoms with van der Waals surface area (Å²) >= 11 is 0. The molecule has 7 nitrogen and oxygen atoms in total. The summed E-state index contributed by atoms with van der Waals surface area (Å²) in [5.74, 6) is -1.23. The maximum absolute atomic E-state index is 10.6. The average molecular weight is 284 g/mol. The quantitative estimate of drug-likeness (QED) is 0.507. The molecule has 7 heteroatoms. The molecule has 0 bridgehead atoms. The van der Waals surface area contributed by atoms with E-state index in [4.69, 9.17) is 0 Å². The van der Waals surface area contributed by atoms with E-state index < -0.39 is 10.9 Å². The van der Waals surface area contributed by atoms with Crippen molar-refractivity contribution in [3.63, 3.8) is 0 Å². The van der Waals surface area contributed by atoms with Crippen molar-refractivity contribution in [2.45, 2.75) is 0 Å². The van der Waals surface area contributed by atoms with E-state index in [9.17, 15) is 20.0 Å². The van der Waals surface area contributed by atoms with Crippen molar-refractivity contribution in [2.75, 3.05) is 5.43 Å². The van der Waals surface area contributed by atoms with Crippen LogP contribution in [0, 0.1) is 10.1 Å². The second-order valence-electron chi connectivity index (χ2n) is 4.08.